The van der Waals surface area contributed by atoms with Crippen molar-refractivity contribution in [2.45, 2.75) is 38.0 Å². The van der Waals surface area contributed by atoms with Crippen molar-refractivity contribution in [1.29, 1.82) is 0 Å². The summed E-state index contributed by atoms with van der Waals surface area (Å²) in [5.41, 5.74) is 12.4. The van der Waals surface area contributed by atoms with Gasteiger partial charge < -0.3 is 16.6 Å². The second kappa shape index (κ2) is 6.56. The molecule has 0 radical (unpaired) electrons. The summed E-state index contributed by atoms with van der Waals surface area (Å²) in [6.07, 6.45) is 2.85. The number of hydrogen-bond donors (Lipinski definition) is 3. The van der Waals surface area contributed by atoms with Crippen LogP contribution in [0.25, 0.3) is 0 Å². The highest BCUT2D eigenvalue weighted by molar-refractivity contribution is 5.18. The number of benzene rings is 1. The Morgan fingerprint density at radius 1 is 1.00 bits per heavy atom. The average Bonchev–Trinajstić information content (AvgIpc) is 2.25. The Morgan fingerprint density at radius 2 is 1.60 bits per heavy atom. The number of aliphatic hydroxyl groups excluding tert-OH is 1. The van der Waals surface area contributed by atoms with Crippen LogP contribution >= 0.6 is 0 Å². The molecule has 0 amide bonds. The van der Waals surface area contributed by atoms with Gasteiger partial charge in [-0.05, 0) is 24.8 Å². The van der Waals surface area contributed by atoms with Crippen LogP contribution in [-0.2, 0) is 0 Å². The van der Waals surface area contributed by atoms with Crippen LogP contribution in [0.3, 0.4) is 0 Å². The molecule has 0 aromatic heterocycles. The summed E-state index contributed by atoms with van der Waals surface area (Å²) in [7, 11) is 0. The zero-order chi connectivity index (χ0) is 11.1. The summed E-state index contributed by atoms with van der Waals surface area (Å²) in [4.78, 5) is 0. The van der Waals surface area contributed by atoms with Gasteiger partial charge in [-0.1, -0.05) is 36.8 Å². The van der Waals surface area contributed by atoms with Crippen LogP contribution in [0.5, 0.6) is 0 Å². The van der Waals surface area contributed by atoms with Crippen LogP contribution in [0.1, 0.15) is 37.3 Å². The van der Waals surface area contributed by atoms with E-state index in [0.717, 1.165) is 19.3 Å². The second-order valence-corrected chi connectivity index (χ2v) is 3.87. The van der Waals surface area contributed by atoms with E-state index in [1.54, 1.807) is 0 Å². The highest BCUT2D eigenvalue weighted by atomic mass is 16.3. The lowest BCUT2D eigenvalue weighted by atomic mass is 10.0. The fourth-order valence-corrected chi connectivity index (χ4v) is 1.58. The number of aliphatic hydroxyl groups is 1. The number of unbranched alkanes of at least 4 members (excludes halogenated alkanes) is 1. The lowest BCUT2D eigenvalue weighted by Gasteiger charge is -2.11. The average molecular weight is 208 g/mol. The Kier molecular flexibility index (Phi) is 5.32. The standard InChI is InChI=1S/C12H20N2O/c13-11(8-4-5-9-12(14)15)10-6-2-1-3-7-10/h1-3,6-7,11-12,15H,4-5,8-9,13-14H2. The highest BCUT2D eigenvalue weighted by Gasteiger charge is 2.04. The SMILES string of the molecule is NC(O)CCCCC(N)c1ccccc1. The lowest BCUT2D eigenvalue weighted by molar-refractivity contribution is 0.168. The van der Waals surface area contributed by atoms with Crippen LogP contribution in [0.2, 0.25) is 0 Å². The Hall–Kier alpha value is -0.900. The minimum Gasteiger partial charge on any atom is -0.379 e. The first-order valence-corrected chi connectivity index (χ1v) is 5.44. The van der Waals surface area contributed by atoms with Gasteiger partial charge in [0.25, 0.3) is 0 Å². The molecule has 0 spiro atoms. The largest absolute Gasteiger partial charge is 0.379 e. The molecule has 0 heterocycles. The van der Waals surface area contributed by atoms with Crippen LogP contribution in [0.4, 0.5) is 0 Å². The molecule has 0 saturated heterocycles. The van der Waals surface area contributed by atoms with Crippen molar-refractivity contribution < 1.29 is 5.11 Å². The summed E-state index contributed by atoms with van der Waals surface area (Å²) in [6, 6.07) is 10.2. The van der Waals surface area contributed by atoms with Gasteiger partial charge >= 0.3 is 0 Å². The van der Waals surface area contributed by atoms with Gasteiger partial charge in [0.2, 0.25) is 0 Å². The van der Waals surface area contributed by atoms with Gasteiger partial charge in [-0.3, -0.25) is 0 Å². The predicted octanol–water partition coefficient (Wildman–Crippen LogP) is 1.52. The van der Waals surface area contributed by atoms with Crippen molar-refractivity contribution in [2.24, 2.45) is 11.5 Å². The first-order valence-electron chi connectivity index (χ1n) is 5.44. The van der Waals surface area contributed by atoms with Crippen molar-refractivity contribution >= 4 is 0 Å². The van der Waals surface area contributed by atoms with Crippen molar-refractivity contribution in [1.82, 2.24) is 0 Å². The molecule has 15 heavy (non-hydrogen) atoms. The van der Waals surface area contributed by atoms with Crippen LogP contribution in [0, 0.1) is 0 Å². The molecule has 0 bridgehead atoms. The fraction of sp³-hybridized carbons (Fsp3) is 0.500. The van der Waals surface area contributed by atoms with E-state index in [4.69, 9.17) is 16.6 Å². The molecule has 1 aromatic carbocycles. The molecule has 2 unspecified atom stereocenters. The van der Waals surface area contributed by atoms with Crippen LogP contribution in [0.15, 0.2) is 30.3 Å². The minimum absolute atomic E-state index is 0.0983. The third kappa shape index (κ3) is 4.93. The van der Waals surface area contributed by atoms with Gasteiger partial charge in [0.1, 0.15) is 6.23 Å². The van der Waals surface area contributed by atoms with Crippen molar-refractivity contribution in [3.05, 3.63) is 35.9 Å². The van der Waals surface area contributed by atoms with Crippen molar-refractivity contribution in [3.63, 3.8) is 0 Å². The van der Waals surface area contributed by atoms with E-state index in [-0.39, 0.29) is 6.04 Å². The molecule has 84 valence electrons. The maximum Gasteiger partial charge on any atom is 0.102 e. The molecule has 3 heteroatoms. The third-order valence-electron chi connectivity index (χ3n) is 2.49. The number of hydrogen-bond acceptors (Lipinski definition) is 3. The molecule has 1 aromatic rings. The monoisotopic (exact) mass is 208 g/mol. The summed E-state index contributed by atoms with van der Waals surface area (Å²) in [5.74, 6) is 0. The molecule has 0 fully saturated rings. The Labute approximate surface area is 91.1 Å². The van der Waals surface area contributed by atoms with Crippen LogP contribution in [-0.4, -0.2) is 11.3 Å². The summed E-state index contributed by atoms with van der Waals surface area (Å²) in [6.45, 7) is 0. The Morgan fingerprint density at radius 3 is 2.20 bits per heavy atom. The lowest BCUT2D eigenvalue weighted by Crippen LogP contribution is -2.18. The summed E-state index contributed by atoms with van der Waals surface area (Å²) in [5, 5.41) is 8.88. The van der Waals surface area contributed by atoms with E-state index < -0.39 is 6.23 Å². The van der Waals surface area contributed by atoms with E-state index in [0.29, 0.717) is 6.42 Å². The maximum absolute atomic E-state index is 8.88. The van der Waals surface area contributed by atoms with Crippen molar-refractivity contribution in [2.75, 3.05) is 0 Å². The first-order chi connectivity index (χ1) is 7.20. The van der Waals surface area contributed by atoms with Gasteiger partial charge in [-0.25, -0.2) is 0 Å². The van der Waals surface area contributed by atoms with E-state index in [1.807, 2.05) is 30.3 Å². The quantitative estimate of drug-likeness (QED) is 0.490. The van der Waals surface area contributed by atoms with Gasteiger partial charge in [0, 0.05) is 6.04 Å². The predicted molar refractivity (Wildman–Crippen MR) is 62.0 cm³/mol. The topological polar surface area (TPSA) is 72.3 Å². The van der Waals surface area contributed by atoms with E-state index in [1.165, 1.54) is 5.56 Å². The normalized spacial score (nSPS) is 14.9. The number of rotatable bonds is 6. The Bertz CT molecular complexity index is 262. The first kappa shape index (κ1) is 12.2. The minimum atomic E-state index is -0.682. The highest BCUT2D eigenvalue weighted by Crippen LogP contribution is 2.16. The molecular weight excluding hydrogens is 188 g/mol. The maximum atomic E-state index is 8.88. The molecule has 3 nitrogen and oxygen atoms in total. The van der Waals surface area contributed by atoms with Gasteiger partial charge in [0.15, 0.2) is 0 Å². The Balaban J connectivity index is 2.22. The molecule has 2 atom stereocenters. The molecule has 0 saturated carbocycles. The fourth-order valence-electron chi connectivity index (χ4n) is 1.58. The molecule has 5 N–H and O–H groups in total. The van der Waals surface area contributed by atoms with Crippen LogP contribution < -0.4 is 11.5 Å². The number of nitrogens with two attached hydrogens (primary N) is 2. The second-order valence-electron chi connectivity index (χ2n) is 3.87. The summed E-state index contributed by atoms with van der Waals surface area (Å²) < 4.78 is 0. The third-order valence-corrected chi connectivity index (χ3v) is 2.49. The molecule has 1 rings (SSSR count). The molecule has 0 aliphatic rings. The zero-order valence-corrected chi connectivity index (χ0v) is 8.97. The van der Waals surface area contributed by atoms with E-state index in [9.17, 15) is 0 Å². The van der Waals surface area contributed by atoms with Gasteiger partial charge in [-0.2, -0.15) is 0 Å². The molecule has 0 aliphatic heterocycles. The van der Waals surface area contributed by atoms with E-state index >= 15 is 0 Å². The summed E-state index contributed by atoms with van der Waals surface area (Å²) >= 11 is 0. The van der Waals surface area contributed by atoms with Crippen molar-refractivity contribution in [3.8, 4) is 0 Å². The molecular formula is C12H20N2O. The van der Waals surface area contributed by atoms with Gasteiger partial charge in [0.05, 0.1) is 0 Å². The van der Waals surface area contributed by atoms with Gasteiger partial charge in [-0.15, -0.1) is 0 Å². The smallest absolute Gasteiger partial charge is 0.102 e. The van der Waals surface area contributed by atoms with E-state index in [2.05, 4.69) is 0 Å². The molecule has 0 aliphatic carbocycles. The zero-order valence-electron chi connectivity index (χ0n) is 8.97.